The van der Waals surface area contributed by atoms with Crippen LogP contribution in [0.25, 0.3) is 0 Å². The number of rotatable bonds is 2. The Hall–Kier alpha value is -0.420. The summed E-state index contributed by atoms with van der Waals surface area (Å²) < 4.78 is 30.8. The summed E-state index contributed by atoms with van der Waals surface area (Å²) in [7, 11) is -4.11. The smallest absolute Gasteiger partial charge is 0.265 e. The molecule has 1 fully saturated rings. The summed E-state index contributed by atoms with van der Waals surface area (Å²) in [6.07, 6.45) is 0.388. The van der Waals surface area contributed by atoms with Gasteiger partial charge in [-0.25, -0.2) is 0 Å². The van der Waals surface area contributed by atoms with Crippen molar-refractivity contribution < 1.29 is 17.8 Å². The van der Waals surface area contributed by atoms with Gasteiger partial charge in [-0.15, -0.1) is 0 Å². The summed E-state index contributed by atoms with van der Waals surface area (Å²) in [5, 5.41) is 0. The minimum absolute atomic E-state index is 0.0716. The third kappa shape index (κ3) is 1.95. The van der Waals surface area contributed by atoms with Crippen molar-refractivity contribution in [3.8, 4) is 0 Å². The molecule has 1 aliphatic rings. The van der Waals surface area contributed by atoms with Crippen molar-refractivity contribution in [2.24, 2.45) is 16.7 Å². The fourth-order valence-electron chi connectivity index (χ4n) is 2.29. The first-order valence-electron chi connectivity index (χ1n) is 4.99. The molecular weight excluding hydrogens is 216 g/mol. The third-order valence-corrected chi connectivity index (χ3v) is 5.17. The van der Waals surface area contributed by atoms with Crippen molar-refractivity contribution in [2.75, 3.05) is 5.75 Å². The number of carbonyl (C=O) groups excluding carboxylic acids is 1. The van der Waals surface area contributed by atoms with Gasteiger partial charge in [0.05, 0.1) is 5.75 Å². The highest BCUT2D eigenvalue weighted by molar-refractivity contribution is 7.85. The van der Waals surface area contributed by atoms with Gasteiger partial charge in [0.2, 0.25) is 0 Å². The molecule has 1 saturated carbocycles. The number of ketones is 1. The van der Waals surface area contributed by atoms with Crippen LogP contribution in [0.3, 0.4) is 0 Å². The molecule has 1 aliphatic carbocycles. The van der Waals surface area contributed by atoms with Crippen molar-refractivity contribution in [2.45, 2.75) is 34.1 Å². The van der Waals surface area contributed by atoms with Crippen LogP contribution in [0.2, 0.25) is 0 Å². The van der Waals surface area contributed by atoms with Crippen molar-refractivity contribution >= 4 is 15.9 Å². The van der Waals surface area contributed by atoms with Crippen molar-refractivity contribution in [3.05, 3.63) is 0 Å². The van der Waals surface area contributed by atoms with Gasteiger partial charge in [0.1, 0.15) is 5.78 Å². The molecule has 0 aromatic rings. The Morgan fingerprint density at radius 2 is 1.87 bits per heavy atom. The van der Waals surface area contributed by atoms with E-state index in [4.69, 9.17) is 4.55 Å². The highest BCUT2D eigenvalue weighted by Gasteiger charge is 2.57. The first-order valence-corrected chi connectivity index (χ1v) is 6.60. The molecular formula is C10H18O4S. The van der Waals surface area contributed by atoms with E-state index in [1.165, 1.54) is 0 Å². The maximum absolute atomic E-state index is 11.8. The summed E-state index contributed by atoms with van der Waals surface area (Å²) in [5.74, 6) is -0.412. The Bertz CT molecular complexity index is 382. The zero-order valence-electron chi connectivity index (χ0n) is 9.57. The second-order valence-electron chi connectivity index (χ2n) is 5.31. The minimum atomic E-state index is -4.11. The molecule has 88 valence electrons. The highest BCUT2D eigenvalue weighted by Crippen LogP contribution is 2.53. The fourth-order valence-corrected chi connectivity index (χ4v) is 3.56. The van der Waals surface area contributed by atoms with Crippen LogP contribution in [0.1, 0.15) is 34.1 Å². The quantitative estimate of drug-likeness (QED) is 0.735. The van der Waals surface area contributed by atoms with Gasteiger partial charge < -0.3 is 0 Å². The zero-order valence-corrected chi connectivity index (χ0v) is 10.4. The molecule has 1 rings (SSSR count). The van der Waals surface area contributed by atoms with Crippen molar-refractivity contribution in [1.82, 2.24) is 0 Å². The lowest BCUT2D eigenvalue weighted by Gasteiger charge is -2.38. The first kappa shape index (κ1) is 12.6. The molecule has 0 bridgehead atoms. The van der Waals surface area contributed by atoms with Crippen LogP contribution in [-0.4, -0.2) is 24.5 Å². The van der Waals surface area contributed by atoms with Crippen LogP contribution < -0.4 is 0 Å². The summed E-state index contributed by atoms with van der Waals surface area (Å²) >= 11 is 0. The summed E-state index contributed by atoms with van der Waals surface area (Å²) in [6, 6.07) is 0. The van der Waals surface area contributed by atoms with Gasteiger partial charge in [0.15, 0.2) is 0 Å². The Kier molecular flexibility index (Phi) is 2.77. The Morgan fingerprint density at radius 3 is 2.13 bits per heavy atom. The van der Waals surface area contributed by atoms with E-state index in [1.54, 1.807) is 6.92 Å². The molecule has 0 saturated heterocycles. The Balaban J connectivity index is 3.16. The largest absolute Gasteiger partial charge is 0.299 e. The van der Waals surface area contributed by atoms with Gasteiger partial charge in [-0.2, -0.15) is 8.42 Å². The normalized spacial score (nSPS) is 35.8. The van der Waals surface area contributed by atoms with Crippen LogP contribution in [0, 0.1) is 16.7 Å². The Morgan fingerprint density at radius 1 is 1.40 bits per heavy atom. The average Bonchev–Trinajstić information content (AvgIpc) is 2.10. The lowest BCUT2D eigenvalue weighted by Crippen LogP contribution is -2.42. The van der Waals surface area contributed by atoms with Gasteiger partial charge in [0.25, 0.3) is 10.1 Å². The number of hydrogen-bond acceptors (Lipinski definition) is 3. The fraction of sp³-hybridized carbons (Fsp3) is 0.900. The second-order valence-corrected chi connectivity index (χ2v) is 6.76. The standard InChI is InChI=1S/C10H18O4S/c1-7-5-8(11)10(4,9(7,2)3)6-15(12,13)14/h7H,5-6H2,1-4H3,(H,12,13,14)/t7-,10?/m0/s1. The molecule has 4 nitrogen and oxygen atoms in total. The maximum Gasteiger partial charge on any atom is 0.265 e. The predicted octanol–water partition coefficient (Wildman–Crippen LogP) is 1.52. The molecule has 15 heavy (non-hydrogen) atoms. The van der Waals surface area contributed by atoms with Gasteiger partial charge in [0, 0.05) is 11.8 Å². The topological polar surface area (TPSA) is 71.4 Å². The van der Waals surface area contributed by atoms with Crippen molar-refractivity contribution in [3.63, 3.8) is 0 Å². The van der Waals surface area contributed by atoms with E-state index < -0.39 is 26.7 Å². The van der Waals surface area contributed by atoms with E-state index in [0.29, 0.717) is 6.42 Å². The average molecular weight is 234 g/mol. The molecule has 0 aromatic carbocycles. The van der Waals surface area contributed by atoms with E-state index in [0.717, 1.165) is 0 Å². The zero-order chi connectivity index (χ0) is 12.1. The molecule has 1 unspecified atom stereocenters. The molecule has 0 aliphatic heterocycles. The molecule has 0 spiro atoms. The van der Waals surface area contributed by atoms with E-state index in [9.17, 15) is 13.2 Å². The monoisotopic (exact) mass is 234 g/mol. The third-order valence-electron chi connectivity index (χ3n) is 4.23. The van der Waals surface area contributed by atoms with E-state index >= 15 is 0 Å². The lowest BCUT2D eigenvalue weighted by atomic mass is 9.67. The van der Waals surface area contributed by atoms with Crippen LogP contribution in [0.4, 0.5) is 0 Å². The van der Waals surface area contributed by atoms with Crippen LogP contribution in [0.15, 0.2) is 0 Å². The van der Waals surface area contributed by atoms with Crippen LogP contribution in [-0.2, 0) is 14.9 Å². The van der Waals surface area contributed by atoms with Crippen molar-refractivity contribution in [1.29, 1.82) is 0 Å². The second kappa shape index (κ2) is 3.28. The molecule has 5 heteroatoms. The minimum Gasteiger partial charge on any atom is -0.299 e. The van der Waals surface area contributed by atoms with Crippen LogP contribution >= 0.6 is 0 Å². The molecule has 0 amide bonds. The van der Waals surface area contributed by atoms with Gasteiger partial charge >= 0.3 is 0 Å². The van der Waals surface area contributed by atoms with E-state index in [2.05, 4.69) is 0 Å². The highest BCUT2D eigenvalue weighted by atomic mass is 32.2. The molecule has 0 radical (unpaired) electrons. The summed E-state index contributed by atoms with van der Waals surface area (Å²) in [5.41, 5.74) is -1.38. The first-order chi connectivity index (χ1) is 6.51. The van der Waals surface area contributed by atoms with E-state index in [-0.39, 0.29) is 11.7 Å². The number of Topliss-reactive ketones (excluding diaryl/α,β-unsaturated/α-hetero) is 1. The molecule has 1 N–H and O–H groups in total. The number of carbonyl (C=O) groups is 1. The maximum atomic E-state index is 11.8. The number of hydrogen-bond donors (Lipinski definition) is 1. The van der Waals surface area contributed by atoms with Gasteiger partial charge in [-0.1, -0.05) is 27.7 Å². The lowest BCUT2D eigenvalue weighted by molar-refractivity contribution is -0.126. The Labute approximate surface area is 90.8 Å². The van der Waals surface area contributed by atoms with Gasteiger partial charge in [-0.3, -0.25) is 9.35 Å². The summed E-state index contributed by atoms with van der Waals surface area (Å²) in [6.45, 7) is 7.33. The molecule has 2 atom stereocenters. The molecule has 0 aromatic heterocycles. The molecule has 0 heterocycles. The van der Waals surface area contributed by atoms with E-state index in [1.807, 2.05) is 20.8 Å². The van der Waals surface area contributed by atoms with Crippen LogP contribution in [0.5, 0.6) is 0 Å². The summed E-state index contributed by atoms with van der Waals surface area (Å²) in [4.78, 5) is 11.8. The predicted molar refractivity (Wildman–Crippen MR) is 57.1 cm³/mol. The SMILES string of the molecule is C[C@H]1CC(=O)C(C)(CS(=O)(=O)O)C1(C)C. The van der Waals surface area contributed by atoms with Gasteiger partial charge in [-0.05, 0) is 11.3 Å².